The van der Waals surface area contributed by atoms with Crippen molar-refractivity contribution in [3.8, 4) is 0 Å². The minimum atomic E-state index is -0.231. The summed E-state index contributed by atoms with van der Waals surface area (Å²) in [4.78, 5) is 23.2. The molecule has 0 fully saturated rings. The average molecular weight is 304 g/mol. The zero-order valence-corrected chi connectivity index (χ0v) is 13.5. The molecule has 2 aromatic carbocycles. The van der Waals surface area contributed by atoms with E-state index in [9.17, 15) is 9.59 Å². The van der Waals surface area contributed by atoms with Crippen LogP contribution in [0.5, 0.6) is 0 Å². The Bertz CT molecular complexity index is 682. The van der Waals surface area contributed by atoms with E-state index in [0.29, 0.717) is 11.1 Å². The van der Waals surface area contributed by atoms with E-state index in [1.54, 1.807) is 0 Å². The highest BCUT2D eigenvalue weighted by atomic mass is 16.1. The lowest BCUT2D eigenvalue weighted by Gasteiger charge is -2.26. The number of benzene rings is 2. The normalized spacial score (nSPS) is 10.9. The summed E-state index contributed by atoms with van der Waals surface area (Å²) < 4.78 is 0. The van der Waals surface area contributed by atoms with Gasteiger partial charge in [-0.15, -0.1) is 0 Å². The zero-order valence-electron chi connectivity index (χ0n) is 13.5. The standard InChI is InChI=1S/C21H20O2/c1-5-19(22)15-7-11-17(12-8-15)21(3,4)18-13-9-16(10-14-18)20(23)6-2/h5-14H,1-2H2,3-4H3. The highest BCUT2D eigenvalue weighted by molar-refractivity contribution is 6.04. The van der Waals surface area contributed by atoms with Gasteiger partial charge in [0.1, 0.15) is 0 Å². The summed E-state index contributed by atoms with van der Waals surface area (Å²) in [6.45, 7) is 11.2. The van der Waals surface area contributed by atoms with Gasteiger partial charge in [-0.3, -0.25) is 9.59 Å². The van der Waals surface area contributed by atoms with E-state index in [4.69, 9.17) is 0 Å². The van der Waals surface area contributed by atoms with Crippen LogP contribution < -0.4 is 0 Å². The highest BCUT2D eigenvalue weighted by Crippen LogP contribution is 2.31. The molecule has 0 bridgehead atoms. The van der Waals surface area contributed by atoms with Crippen LogP contribution in [0.3, 0.4) is 0 Å². The van der Waals surface area contributed by atoms with Gasteiger partial charge in [0, 0.05) is 16.5 Å². The molecule has 0 spiro atoms. The van der Waals surface area contributed by atoms with Crippen LogP contribution in [0, 0.1) is 0 Å². The fourth-order valence-corrected chi connectivity index (χ4v) is 2.50. The first-order valence-electron chi connectivity index (χ1n) is 7.44. The monoisotopic (exact) mass is 304 g/mol. The van der Waals surface area contributed by atoms with Gasteiger partial charge >= 0.3 is 0 Å². The summed E-state index contributed by atoms with van der Waals surface area (Å²) in [6.07, 6.45) is 2.63. The van der Waals surface area contributed by atoms with Gasteiger partial charge in [-0.25, -0.2) is 0 Å². The van der Waals surface area contributed by atoms with Crippen LogP contribution in [0.1, 0.15) is 45.7 Å². The van der Waals surface area contributed by atoms with Crippen molar-refractivity contribution in [1.82, 2.24) is 0 Å². The molecule has 0 radical (unpaired) electrons. The molecule has 23 heavy (non-hydrogen) atoms. The van der Waals surface area contributed by atoms with Crippen molar-refractivity contribution in [1.29, 1.82) is 0 Å². The maximum absolute atomic E-state index is 11.6. The topological polar surface area (TPSA) is 34.1 Å². The lowest BCUT2D eigenvalue weighted by atomic mass is 9.77. The second-order valence-corrected chi connectivity index (χ2v) is 5.92. The minimum Gasteiger partial charge on any atom is -0.289 e. The van der Waals surface area contributed by atoms with Gasteiger partial charge in [0.25, 0.3) is 0 Å². The van der Waals surface area contributed by atoms with E-state index in [2.05, 4.69) is 27.0 Å². The van der Waals surface area contributed by atoms with Crippen molar-refractivity contribution >= 4 is 11.6 Å². The molecule has 2 aromatic rings. The zero-order chi connectivity index (χ0) is 17.0. The maximum Gasteiger partial charge on any atom is 0.185 e. The molecule has 2 nitrogen and oxygen atoms in total. The van der Waals surface area contributed by atoms with Gasteiger partial charge in [-0.05, 0) is 23.3 Å². The summed E-state index contributed by atoms with van der Waals surface area (Å²) in [5, 5.41) is 0. The van der Waals surface area contributed by atoms with Gasteiger partial charge in [0.15, 0.2) is 11.6 Å². The van der Waals surface area contributed by atoms with Gasteiger partial charge in [-0.1, -0.05) is 75.5 Å². The molecule has 0 amide bonds. The molecular weight excluding hydrogens is 284 g/mol. The van der Waals surface area contributed by atoms with Crippen LogP contribution in [-0.4, -0.2) is 11.6 Å². The number of hydrogen-bond acceptors (Lipinski definition) is 2. The summed E-state index contributed by atoms with van der Waals surface area (Å²) in [5.74, 6) is -0.164. The second-order valence-electron chi connectivity index (χ2n) is 5.92. The molecule has 0 aliphatic rings. The molecule has 2 rings (SSSR count). The van der Waals surface area contributed by atoms with Gasteiger partial charge < -0.3 is 0 Å². The van der Waals surface area contributed by atoms with Gasteiger partial charge in [-0.2, -0.15) is 0 Å². The molecule has 2 heteroatoms. The molecule has 0 atom stereocenters. The molecule has 0 saturated carbocycles. The first kappa shape index (κ1) is 16.6. The Morgan fingerprint density at radius 2 is 1.04 bits per heavy atom. The quantitative estimate of drug-likeness (QED) is 0.570. The largest absolute Gasteiger partial charge is 0.289 e. The van der Waals surface area contributed by atoms with E-state index in [0.717, 1.165) is 11.1 Å². The third kappa shape index (κ3) is 3.37. The fourth-order valence-electron chi connectivity index (χ4n) is 2.50. The second kappa shape index (κ2) is 6.57. The molecule has 0 saturated heterocycles. The third-order valence-corrected chi connectivity index (χ3v) is 4.15. The number of allylic oxidation sites excluding steroid dienone is 2. The van der Waals surface area contributed by atoms with Crippen molar-refractivity contribution in [2.75, 3.05) is 0 Å². The van der Waals surface area contributed by atoms with E-state index in [-0.39, 0.29) is 17.0 Å². The Labute approximate surface area is 137 Å². The lowest BCUT2D eigenvalue weighted by Crippen LogP contribution is -2.19. The minimum absolute atomic E-state index is 0.0818. The molecule has 0 N–H and O–H groups in total. The molecule has 0 heterocycles. The van der Waals surface area contributed by atoms with Crippen molar-refractivity contribution in [3.05, 3.63) is 96.1 Å². The fraction of sp³-hybridized carbons (Fsp3) is 0.143. The van der Waals surface area contributed by atoms with Crippen molar-refractivity contribution in [3.63, 3.8) is 0 Å². The predicted molar refractivity (Wildman–Crippen MR) is 94.1 cm³/mol. The van der Waals surface area contributed by atoms with Crippen molar-refractivity contribution in [2.45, 2.75) is 19.3 Å². The van der Waals surface area contributed by atoms with Crippen LogP contribution in [-0.2, 0) is 5.41 Å². The van der Waals surface area contributed by atoms with Gasteiger partial charge in [0.05, 0.1) is 0 Å². The Balaban J connectivity index is 2.33. The number of rotatable bonds is 6. The van der Waals surface area contributed by atoms with Crippen molar-refractivity contribution < 1.29 is 9.59 Å². The Morgan fingerprint density at radius 3 is 1.30 bits per heavy atom. The number of ketones is 2. The van der Waals surface area contributed by atoms with Crippen LogP contribution >= 0.6 is 0 Å². The van der Waals surface area contributed by atoms with E-state index < -0.39 is 0 Å². The smallest absolute Gasteiger partial charge is 0.185 e. The number of carbonyl (C=O) groups is 2. The van der Waals surface area contributed by atoms with Crippen LogP contribution in [0.15, 0.2) is 73.8 Å². The summed E-state index contributed by atoms with van der Waals surface area (Å²) >= 11 is 0. The lowest BCUT2D eigenvalue weighted by molar-refractivity contribution is 0.103. The van der Waals surface area contributed by atoms with Crippen molar-refractivity contribution in [2.24, 2.45) is 0 Å². The SMILES string of the molecule is C=CC(=O)c1ccc(C(C)(C)c2ccc(C(=O)C=C)cc2)cc1. The molecule has 0 unspecified atom stereocenters. The van der Waals surface area contributed by atoms with Gasteiger partial charge in [0.2, 0.25) is 0 Å². The first-order valence-corrected chi connectivity index (χ1v) is 7.44. The number of hydrogen-bond donors (Lipinski definition) is 0. The molecule has 0 aliphatic heterocycles. The third-order valence-electron chi connectivity index (χ3n) is 4.15. The van der Waals surface area contributed by atoms with Crippen LogP contribution in [0.2, 0.25) is 0 Å². The Kier molecular flexibility index (Phi) is 4.75. The van der Waals surface area contributed by atoms with Crippen LogP contribution in [0.4, 0.5) is 0 Å². The Hall–Kier alpha value is -2.74. The van der Waals surface area contributed by atoms with Crippen LogP contribution in [0.25, 0.3) is 0 Å². The summed E-state index contributed by atoms with van der Waals surface area (Å²) in [7, 11) is 0. The average Bonchev–Trinajstić information content (AvgIpc) is 2.60. The molecule has 0 aromatic heterocycles. The first-order chi connectivity index (χ1) is 10.9. The highest BCUT2D eigenvalue weighted by Gasteiger charge is 2.23. The van der Waals surface area contributed by atoms with E-state index in [1.165, 1.54) is 12.2 Å². The Morgan fingerprint density at radius 1 is 0.739 bits per heavy atom. The summed E-state index contributed by atoms with van der Waals surface area (Å²) in [6, 6.07) is 15.1. The predicted octanol–water partition coefficient (Wildman–Crippen LogP) is 4.75. The number of carbonyl (C=O) groups excluding carboxylic acids is 2. The maximum atomic E-state index is 11.6. The molecular formula is C21H20O2. The van der Waals surface area contributed by atoms with E-state index in [1.807, 2.05) is 48.5 Å². The van der Waals surface area contributed by atoms with E-state index >= 15 is 0 Å². The molecule has 0 aliphatic carbocycles. The summed E-state index contributed by atoms with van der Waals surface area (Å²) in [5.41, 5.74) is 3.23. The molecule has 116 valence electrons.